The normalized spacial score (nSPS) is 15.6. The van der Waals surface area contributed by atoms with Crippen LogP contribution < -0.4 is 0 Å². The van der Waals surface area contributed by atoms with E-state index >= 15 is 0 Å². The van der Waals surface area contributed by atoms with Gasteiger partial charge in [0, 0.05) is 25.3 Å². The summed E-state index contributed by atoms with van der Waals surface area (Å²) in [5.74, 6) is 1.22. The molecule has 0 amide bonds. The predicted octanol–water partition coefficient (Wildman–Crippen LogP) is 0.703. The standard InChI is InChI=1S/C12H15N5O/c1-9-2-3-11(18)10(14-9)6-16-4-5-17-8-13-15-12(17)7-16/h2-3,8,18H,4-7H2,1H3. The van der Waals surface area contributed by atoms with Gasteiger partial charge in [-0.2, -0.15) is 0 Å². The lowest BCUT2D eigenvalue weighted by Crippen LogP contribution is -2.33. The van der Waals surface area contributed by atoms with Gasteiger partial charge in [0.05, 0.1) is 12.2 Å². The van der Waals surface area contributed by atoms with Crippen LogP contribution in [0.3, 0.4) is 0 Å². The van der Waals surface area contributed by atoms with E-state index < -0.39 is 0 Å². The lowest BCUT2D eigenvalue weighted by Gasteiger charge is -2.26. The highest BCUT2D eigenvalue weighted by molar-refractivity contribution is 5.27. The van der Waals surface area contributed by atoms with Crippen LogP contribution in [0.15, 0.2) is 18.5 Å². The minimum Gasteiger partial charge on any atom is -0.506 e. The van der Waals surface area contributed by atoms with Crippen LogP contribution in [0.2, 0.25) is 0 Å². The molecule has 94 valence electrons. The molecule has 6 nitrogen and oxygen atoms in total. The molecule has 0 spiro atoms. The fourth-order valence-electron chi connectivity index (χ4n) is 2.18. The van der Waals surface area contributed by atoms with Gasteiger partial charge in [0.25, 0.3) is 0 Å². The lowest BCUT2D eigenvalue weighted by atomic mass is 10.2. The third-order valence-electron chi connectivity index (χ3n) is 3.18. The van der Waals surface area contributed by atoms with Gasteiger partial charge in [-0.1, -0.05) is 0 Å². The zero-order valence-electron chi connectivity index (χ0n) is 10.2. The lowest BCUT2D eigenvalue weighted by molar-refractivity contribution is 0.204. The van der Waals surface area contributed by atoms with E-state index in [9.17, 15) is 5.11 Å². The molecule has 0 atom stereocenters. The van der Waals surface area contributed by atoms with Gasteiger partial charge < -0.3 is 9.67 Å². The Kier molecular flexibility index (Phi) is 2.71. The monoisotopic (exact) mass is 245 g/mol. The molecular weight excluding hydrogens is 230 g/mol. The van der Waals surface area contributed by atoms with Crippen LogP contribution in [0, 0.1) is 6.92 Å². The summed E-state index contributed by atoms with van der Waals surface area (Å²) in [5.41, 5.74) is 1.64. The molecule has 2 aromatic heterocycles. The molecule has 18 heavy (non-hydrogen) atoms. The SMILES string of the molecule is Cc1ccc(O)c(CN2CCn3cnnc3C2)n1. The number of fused-ring (bicyclic) bond motifs is 1. The maximum Gasteiger partial charge on any atom is 0.147 e. The first-order chi connectivity index (χ1) is 8.72. The van der Waals surface area contributed by atoms with Crippen LogP contribution in [-0.4, -0.2) is 36.3 Å². The van der Waals surface area contributed by atoms with Crippen molar-refractivity contribution in [1.82, 2.24) is 24.6 Å². The van der Waals surface area contributed by atoms with E-state index in [1.165, 1.54) is 0 Å². The van der Waals surface area contributed by atoms with E-state index in [1.54, 1.807) is 12.4 Å². The van der Waals surface area contributed by atoms with Crippen molar-refractivity contribution in [3.05, 3.63) is 35.7 Å². The number of hydrogen-bond acceptors (Lipinski definition) is 5. The molecule has 1 aliphatic heterocycles. The number of rotatable bonds is 2. The zero-order valence-corrected chi connectivity index (χ0v) is 10.2. The number of nitrogens with zero attached hydrogens (tertiary/aromatic N) is 5. The fraction of sp³-hybridized carbons (Fsp3) is 0.417. The molecule has 1 N–H and O–H groups in total. The summed E-state index contributed by atoms with van der Waals surface area (Å²) >= 11 is 0. The molecule has 2 aromatic rings. The molecule has 0 unspecified atom stereocenters. The molecule has 3 heterocycles. The van der Waals surface area contributed by atoms with E-state index in [2.05, 4.69) is 24.6 Å². The Hall–Kier alpha value is -1.95. The Morgan fingerprint density at radius 3 is 3.11 bits per heavy atom. The zero-order chi connectivity index (χ0) is 12.5. The topological polar surface area (TPSA) is 67.1 Å². The molecule has 0 aliphatic carbocycles. The third kappa shape index (κ3) is 2.06. The number of aryl methyl sites for hydroxylation is 1. The Bertz CT molecular complexity index is 565. The first kappa shape index (κ1) is 11.2. The molecule has 6 heteroatoms. The quantitative estimate of drug-likeness (QED) is 0.843. The summed E-state index contributed by atoms with van der Waals surface area (Å²) in [5, 5.41) is 17.8. The number of pyridine rings is 1. The molecule has 1 aliphatic rings. The third-order valence-corrected chi connectivity index (χ3v) is 3.18. The Labute approximate surface area is 105 Å². The molecule has 3 rings (SSSR count). The van der Waals surface area contributed by atoms with Crippen LogP contribution in [0.25, 0.3) is 0 Å². The summed E-state index contributed by atoms with van der Waals surface area (Å²) < 4.78 is 2.06. The van der Waals surface area contributed by atoms with Crippen molar-refractivity contribution in [2.75, 3.05) is 6.54 Å². The highest BCUT2D eigenvalue weighted by Gasteiger charge is 2.18. The van der Waals surface area contributed by atoms with Crippen LogP contribution in [-0.2, 0) is 19.6 Å². The average Bonchev–Trinajstić information content (AvgIpc) is 2.81. The van der Waals surface area contributed by atoms with Gasteiger partial charge in [0.1, 0.15) is 17.9 Å². The summed E-state index contributed by atoms with van der Waals surface area (Å²) in [4.78, 5) is 6.59. The van der Waals surface area contributed by atoms with Crippen molar-refractivity contribution in [3.8, 4) is 5.75 Å². The molecule has 0 radical (unpaired) electrons. The van der Waals surface area contributed by atoms with Gasteiger partial charge in [0.15, 0.2) is 0 Å². The second kappa shape index (κ2) is 4.38. The molecule has 0 saturated carbocycles. The summed E-state index contributed by atoms with van der Waals surface area (Å²) in [7, 11) is 0. The average molecular weight is 245 g/mol. The second-order valence-electron chi connectivity index (χ2n) is 4.57. The predicted molar refractivity (Wildman–Crippen MR) is 64.8 cm³/mol. The van der Waals surface area contributed by atoms with Crippen LogP contribution in [0.4, 0.5) is 0 Å². The van der Waals surface area contributed by atoms with Gasteiger partial charge in [-0.25, -0.2) is 0 Å². The molecule has 0 bridgehead atoms. The highest BCUT2D eigenvalue weighted by atomic mass is 16.3. The number of aromatic hydroxyl groups is 1. The minimum atomic E-state index is 0.257. The molecule has 0 aromatic carbocycles. The minimum absolute atomic E-state index is 0.257. The first-order valence-corrected chi connectivity index (χ1v) is 5.97. The van der Waals surface area contributed by atoms with Crippen molar-refractivity contribution < 1.29 is 5.11 Å². The smallest absolute Gasteiger partial charge is 0.147 e. The first-order valence-electron chi connectivity index (χ1n) is 5.97. The Morgan fingerprint density at radius 2 is 2.22 bits per heavy atom. The van der Waals surface area contributed by atoms with E-state index in [1.807, 2.05) is 13.0 Å². The van der Waals surface area contributed by atoms with Crippen LogP contribution in [0.1, 0.15) is 17.2 Å². The fourth-order valence-corrected chi connectivity index (χ4v) is 2.18. The highest BCUT2D eigenvalue weighted by Crippen LogP contribution is 2.19. The van der Waals surface area contributed by atoms with E-state index in [-0.39, 0.29) is 5.75 Å². The largest absolute Gasteiger partial charge is 0.506 e. The summed E-state index contributed by atoms with van der Waals surface area (Å²) in [6.07, 6.45) is 1.76. The second-order valence-corrected chi connectivity index (χ2v) is 4.57. The van der Waals surface area contributed by atoms with E-state index in [4.69, 9.17) is 0 Å². The van der Waals surface area contributed by atoms with Crippen molar-refractivity contribution >= 4 is 0 Å². The van der Waals surface area contributed by atoms with Gasteiger partial charge in [0.2, 0.25) is 0 Å². The van der Waals surface area contributed by atoms with E-state index in [0.717, 1.165) is 36.8 Å². The van der Waals surface area contributed by atoms with Crippen molar-refractivity contribution in [3.63, 3.8) is 0 Å². The summed E-state index contributed by atoms with van der Waals surface area (Å²) in [6, 6.07) is 3.51. The maximum atomic E-state index is 9.80. The number of aromatic nitrogens is 4. The van der Waals surface area contributed by atoms with Gasteiger partial charge >= 0.3 is 0 Å². The number of hydrogen-bond donors (Lipinski definition) is 1. The van der Waals surface area contributed by atoms with Gasteiger partial charge in [-0.15, -0.1) is 10.2 Å². The maximum absolute atomic E-state index is 9.80. The van der Waals surface area contributed by atoms with Crippen molar-refractivity contribution in [1.29, 1.82) is 0 Å². The van der Waals surface area contributed by atoms with Gasteiger partial charge in [-0.05, 0) is 19.1 Å². The molecular formula is C12H15N5O. The van der Waals surface area contributed by atoms with Crippen LogP contribution >= 0.6 is 0 Å². The summed E-state index contributed by atoms with van der Waals surface area (Å²) in [6.45, 7) is 5.11. The molecule has 0 fully saturated rings. The van der Waals surface area contributed by atoms with Crippen LogP contribution in [0.5, 0.6) is 5.75 Å². The Balaban J connectivity index is 1.76. The Morgan fingerprint density at radius 1 is 1.33 bits per heavy atom. The van der Waals surface area contributed by atoms with E-state index in [0.29, 0.717) is 6.54 Å². The van der Waals surface area contributed by atoms with Crippen molar-refractivity contribution in [2.45, 2.75) is 26.6 Å². The van der Waals surface area contributed by atoms with Gasteiger partial charge in [-0.3, -0.25) is 9.88 Å². The molecule has 0 saturated heterocycles. The van der Waals surface area contributed by atoms with Crippen molar-refractivity contribution in [2.24, 2.45) is 0 Å².